The van der Waals surface area contributed by atoms with E-state index in [1.165, 1.54) is 24.4 Å². The number of hydrogen-bond acceptors (Lipinski definition) is 4. The van der Waals surface area contributed by atoms with Crippen molar-refractivity contribution >= 4 is 38.2 Å². The Morgan fingerprint density at radius 2 is 1.87 bits per heavy atom. The first kappa shape index (κ1) is 15.7. The van der Waals surface area contributed by atoms with E-state index in [9.17, 15) is 12.8 Å². The quantitative estimate of drug-likeness (QED) is 0.707. The summed E-state index contributed by atoms with van der Waals surface area (Å²) in [6, 6.07) is 11.8. The summed E-state index contributed by atoms with van der Waals surface area (Å²) in [5.41, 5.74) is 3.67. The molecule has 0 fully saturated rings. The normalized spacial score (nSPS) is 11.6. The highest BCUT2D eigenvalue weighted by atomic mass is 35.5. The van der Waals surface area contributed by atoms with E-state index in [0.29, 0.717) is 21.6 Å². The second-order valence-corrected chi connectivity index (χ2v) is 6.77. The smallest absolute Gasteiger partial charge is 0.260 e. The number of benzene rings is 2. The largest absolute Gasteiger partial charge is 0.307 e. The minimum atomic E-state index is -4.05. The minimum Gasteiger partial charge on any atom is -0.307 e. The molecule has 0 aliphatic heterocycles. The Hall–Kier alpha value is -2.22. The summed E-state index contributed by atoms with van der Waals surface area (Å²) in [5, 5.41) is 1.20. The third kappa shape index (κ3) is 3.26. The average molecular weight is 352 g/mol. The van der Waals surface area contributed by atoms with Gasteiger partial charge in [-0.15, -0.1) is 4.83 Å². The van der Waals surface area contributed by atoms with E-state index in [-0.39, 0.29) is 0 Å². The summed E-state index contributed by atoms with van der Waals surface area (Å²) in [5.74, 6) is -0.826. The number of hydrogen-bond donors (Lipinski definition) is 2. The zero-order chi connectivity index (χ0) is 16.4. The van der Waals surface area contributed by atoms with Gasteiger partial charge in [-0.25, -0.2) is 12.8 Å². The summed E-state index contributed by atoms with van der Waals surface area (Å²) in [4.78, 5) is 5.88. The predicted octanol–water partition coefficient (Wildman–Crippen LogP) is 3.33. The number of sulfonamides is 1. The molecular formula is C15H11ClFN3O2S. The van der Waals surface area contributed by atoms with Crippen LogP contribution in [-0.2, 0) is 10.0 Å². The lowest BCUT2D eigenvalue weighted by atomic mass is 10.2. The molecule has 5 nitrogen and oxygen atoms in total. The lowest BCUT2D eigenvalue weighted by Gasteiger charge is -2.12. The molecular weight excluding hydrogens is 341 g/mol. The summed E-state index contributed by atoms with van der Waals surface area (Å²) in [6.45, 7) is 0. The number of pyridine rings is 1. The molecule has 0 radical (unpaired) electrons. The molecule has 0 atom stereocenters. The van der Waals surface area contributed by atoms with Crippen LogP contribution < -0.4 is 10.3 Å². The van der Waals surface area contributed by atoms with Gasteiger partial charge >= 0.3 is 0 Å². The van der Waals surface area contributed by atoms with Gasteiger partial charge in [0.2, 0.25) is 0 Å². The van der Waals surface area contributed by atoms with Crippen LogP contribution in [-0.4, -0.2) is 13.4 Å². The van der Waals surface area contributed by atoms with Gasteiger partial charge in [0.05, 0.1) is 11.2 Å². The van der Waals surface area contributed by atoms with Crippen LogP contribution in [0.1, 0.15) is 0 Å². The van der Waals surface area contributed by atoms with E-state index in [1.54, 1.807) is 24.3 Å². The summed E-state index contributed by atoms with van der Waals surface area (Å²) < 4.78 is 38.0. The molecule has 1 aromatic heterocycles. The van der Waals surface area contributed by atoms with Gasteiger partial charge in [-0.2, -0.15) is 0 Å². The number of fused-ring (bicyclic) bond motifs is 1. The van der Waals surface area contributed by atoms with E-state index in [1.807, 2.05) is 0 Å². The van der Waals surface area contributed by atoms with Crippen molar-refractivity contribution in [1.29, 1.82) is 0 Å². The van der Waals surface area contributed by atoms with Crippen LogP contribution >= 0.6 is 11.6 Å². The molecule has 0 aliphatic rings. The van der Waals surface area contributed by atoms with Crippen LogP contribution in [0.25, 0.3) is 10.9 Å². The Balaban J connectivity index is 1.91. The van der Waals surface area contributed by atoms with Gasteiger partial charge in [-0.05, 0) is 36.4 Å². The zero-order valence-electron chi connectivity index (χ0n) is 11.6. The first-order valence-electron chi connectivity index (χ1n) is 6.54. The maximum atomic E-state index is 13.6. The van der Waals surface area contributed by atoms with Crippen LogP contribution in [0.4, 0.5) is 10.1 Å². The van der Waals surface area contributed by atoms with Crippen LogP contribution in [0.5, 0.6) is 0 Å². The molecule has 0 saturated heterocycles. The van der Waals surface area contributed by atoms with Gasteiger partial charge in [-0.3, -0.25) is 4.98 Å². The Morgan fingerprint density at radius 1 is 1.09 bits per heavy atom. The highest BCUT2D eigenvalue weighted by Gasteiger charge is 2.18. The van der Waals surface area contributed by atoms with E-state index in [2.05, 4.69) is 15.2 Å². The molecule has 0 saturated carbocycles. The lowest BCUT2D eigenvalue weighted by molar-refractivity contribution is 0.561. The average Bonchev–Trinajstić information content (AvgIpc) is 2.53. The summed E-state index contributed by atoms with van der Waals surface area (Å²) in [6.07, 6.45) is 1.51. The van der Waals surface area contributed by atoms with E-state index in [4.69, 9.17) is 11.6 Å². The van der Waals surface area contributed by atoms with E-state index < -0.39 is 20.7 Å². The van der Waals surface area contributed by atoms with Crippen LogP contribution in [0.2, 0.25) is 5.02 Å². The maximum absolute atomic E-state index is 13.6. The van der Waals surface area contributed by atoms with Crippen LogP contribution in [0, 0.1) is 5.82 Å². The fourth-order valence-electron chi connectivity index (χ4n) is 2.07. The molecule has 2 aromatic carbocycles. The molecule has 118 valence electrons. The van der Waals surface area contributed by atoms with E-state index in [0.717, 1.165) is 6.07 Å². The molecule has 0 spiro atoms. The molecule has 3 rings (SSSR count). The molecule has 0 bridgehead atoms. The second-order valence-electron chi connectivity index (χ2n) is 4.68. The van der Waals surface area contributed by atoms with Crippen molar-refractivity contribution in [2.24, 2.45) is 0 Å². The molecule has 1 heterocycles. The highest BCUT2D eigenvalue weighted by molar-refractivity contribution is 7.89. The Bertz CT molecular complexity index is 979. The number of anilines is 1. The first-order valence-corrected chi connectivity index (χ1v) is 8.40. The Kier molecular flexibility index (Phi) is 4.16. The first-order chi connectivity index (χ1) is 11.0. The molecule has 0 unspecified atom stereocenters. The molecule has 0 amide bonds. The fraction of sp³-hybridized carbons (Fsp3) is 0. The third-order valence-electron chi connectivity index (χ3n) is 3.15. The maximum Gasteiger partial charge on any atom is 0.260 e. The van der Waals surface area contributed by atoms with Crippen molar-refractivity contribution in [1.82, 2.24) is 9.82 Å². The lowest BCUT2D eigenvalue weighted by Crippen LogP contribution is -2.30. The van der Waals surface area contributed by atoms with Gasteiger partial charge in [0, 0.05) is 16.6 Å². The molecule has 0 aliphatic carbocycles. The molecule has 2 N–H and O–H groups in total. The number of hydrazine groups is 1. The molecule has 3 aromatic rings. The zero-order valence-corrected chi connectivity index (χ0v) is 13.2. The number of nitrogens with zero attached hydrogens (tertiary/aromatic N) is 1. The highest BCUT2D eigenvalue weighted by Crippen LogP contribution is 2.24. The Labute approximate surface area is 137 Å². The van der Waals surface area contributed by atoms with E-state index >= 15 is 0 Å². The molecule has 8 heteroatoms. The van der Waals surface area contributed by atoms with Crippen molar-refractivity contribution in [3.05, 3.63) is 65.6 Å². The van der Waals surface area contributed by atoms with Gasteiger partial charge in [0.1, 0.15) is 10.7 Å². The Morgan fingerprint density at radius 3 is 2.65 bits per heavy atom. The minimum absolute atomic E-state index is 0.436. The monoisotopic (exact) mass is 351 g/mol. The number of nitrogens with one attached hydrogen (secondary N) is 2. The van der Waals surface area contributed by atoms with Gasteiger partial charge in [0.15, 0.2) is 0 Å². The topological polar surface area (TPSA) is 71.1 Å². The number of halogens is 2. The predicted molar refractivity (Wildman–Crippen MR) is 87.1 cm³/mol. The van der Waals surface area contributed by atoms with Crippen molar-refractivity contribution in [3.8, 4) is 0 Å². The van der Waals surface area contributed by atoms with Gasteiger partial charge in [-0.1, -0.05) is 23.7 Å². The van der Waals surface area contributed by atoms with Crippen molar-refractivity contribution in [2.75, 3.05) is 5.43 Å². The summed E-state index contributed by atoms with van der Waals surface area (Å²) >= 11 is 5.90. The number of rotatable bonds is 4. The van der Waals surface area contributed by atoms with Crippen molar-refractivity contribution in [2.45, 2.75) is 4.90 Å². The molecule has 23 heavy (non-hydrogen) atoms. The SMILES string of the molecule is O=S(=O)(NNc1ccnc2cc(Cl)ccc12)c1ccccc1F. The second kappa shape index (κ2) is 6.11. The third-order valence-corrected chi connectivity index (χ3v) is 4.67. The summed E-state index contributed by atoms with van der Waals surface area (Å²) in [7, 11) is -4.05. The standard InChI is InChI=1S/C15H11ClFN3O2S/c16-10-5-6-11-13(7-8-18-14(11)9-10)19-20-23(21,22)15-4-2-1-3-12(15)17/h1-9,20H,(H,18,19). The van der Waals surface area contributed by atoms with Gasteiger partial charge < -0.3 is 5.43 Å². The van der Waals surface area contributed by atoms with Crippen molar-refractivity contribution in [3.63, 3.8) is 0 Å². The fourth-order valence-corrected chi connectivity index (χ4v) is 3.17. The number of aromatic nitrogens is 1. The van der Waals surface area contributed by atoms with Crippen LogP contribution in [0.15, 0.2) is 59.6 Å². The van der Waals surface area contributed by atoms with Crippen molar-refractivity contribution < 1.29 is 12.8 Å². The van der Waals surface area contributed by atoms with Gasteiger partial charge in [0.25, 0.3) is 10.0 Å². The van der Waals surface area contributed by atoms with Crippen LogP contribution in [0.3, 0.4) is 0 Å².